The largest absolute Gasteiger partial charge is 0.381 e. The lowest BCUT2D eigenvalue weighted by Gasteiger charge is -2.12. The van der Waals surface area contributed by atoms with Crippen molar-refractivity contribution >= 4 is 5.69 Å². The molecule has 29 heavy (non-hydrogen) atoms. The maximum absolute atomic E-state index is 9.46. The van der Waals surface area contributed by atoms with E-state index in [1.165, 1.54) is 16.7 Å². The summed E-state index contributed by atoms with van der Waals surface area (Å²) in [6.45, 7) is 5.01. The topological polar surface area (TPSA) is 79.4 Å². The summed E-state index contributed by atoms with van der Waals surface area (Å²) < 4.78 is 1.55. The van der Waals surface area contributed by atoms with E-state index in [2.05, 4.69) is 58.5 Å². The van der Waals surface area contributed by atoms with Crippen LogP contribution in [0.3, 0.4) is 0 Å². The number of rotatable bonds is 5. The molecule has 4 aromatic rings. The summed E-state index contributed by atoms with van der Waals surface area (Å²) in [5.74, 6) is 0.715. The number of aryl methyl sites for hydroxylation is 2. The molecule has 6 heteroatoms. The molecular weight excluding hydrogens is 360 g/mol. The van der Waals surface area contributed by atoms with E-state index in [0.29, 0.717) is 5.82 Å². The number of nitrogens with one attached hydrogen (secondary N) is 1. The van der Waals surface area contributed by atoms with Crippen LogP contribution in [0.5, 0.6) is 0 Å². The second kappa shape index (κ2) is 7.95. The fraction of sp³-hybridized carbons (Fsp3) is 0.130. The predicted molar refractivity (Wildman–Crippen MR) is 113 cm³/mol. The maximum atomic E-state index is 9.46. The minimum atomic E-state index is 0.236. The third-order valence-corrected chi connectivity index (χ3v) is 4.85. The van der Waals surface area contributed by atoms with Crippen molar-refractivity contribution in [2.24, 2.45) is 0 Å². The maximum Gasteiger partial charge on any atom is 0.236 e. The highest BCUT2D eigenvalue weighted by atomic mass is 15.3. The Hall–Kier alpha value is -3.98. The molecule has 0 radical (unpaired) electrons. The fourth-order valence-electron chi connectivity index (χ4n) is 3.22. The third kappa shape index (κ3) is 3.85. The van der Waals surface area contributed by atoms with Crippen molar-refractivity contribution in [1.29, 1.82) is 5.26 Å². The van der Waals surface area contributed by atoms with Gasteiger partial charge in [0, 0.05) is 30.2 Å². The monoisotopic (exact) mass is 380 g/mol. The van der Waals surface area contributed by atoms with E-state index in [1.807, 2.05) is 36.4 Å². The molecule has 4 rings (SSSR count). The summed E-state index contributed by atoms with van der Waals surface area (Å²) >= 11 is 0. The van der Waals surface area contributed by atoms with Crippen LogP contribution in [-0.2, 0) is 6.54 Å². The number of nitrogens with zero attached hydrogens (tertiary/aromatic N) is 5. The van der Waals surface area contributed by atoms with Gasteiger partial charge < -0.3 is 5.32 Å². The standard InChI is InChI=1S/C23H20N6/c1-16-5-3-6-17(2)21(16)15-26-19-8-10-20(11-9-19)29-22(13-24)27-23(28-29)18-7-4-12-25-14-18/h3-12,14,26H,15H2,1-2H3. The highest BCUT2D eigenvalue weighted by Crippen LogP contribution is 2.20. The lowest BCUT2D eigenvalue weighted by Crippen LogP contribution is -2.04. The molecule has 0 saturated carbocycles. The van der Waals surface area contributed by atoms with E-state index >= 15 is 0 Å². The van der Waals surface area contributed by atoms with Crippen molar-refractivity contribution in [3.63, 3.8) is 0 Å². The molecule has 0 fully saturated rings. The Labute approximate surface area is 169 Å². The van der Waals surface area contributed by atoms with E-state index in [1.54, 1.807) is 17.1 Å². The van der Waals surface area contributed by atoms with Gasteiger partial charge in [0.05, 0.1) is 5.69 Å². The highest BCUT2D eigenvalue weighted by molar-refractivity contribution is 5.55. The third-order valence-electron chi connectivity index (χ3n) is 4.85. The number of anilines is 1. The lowest BCUT2D eigenvalue weighted by molar-refractivity contribution is 0.865. The van der Waals surface area contributed by atoms with Crippen molar-refractivity contribution in [3.8, 4) is 23.1 Å². The van der Waals surface area contributed by atoms with Crippen LogP contribution >= 0.6 is 0 Å². The van der Waals surface area contributed by atoms with Gasteiger partial charge in [-0.15, -0.1) is 5.10 Å². The molecule has 0 aliphatic carbocycles. The zero-order chi connectivity index (χ0) is 20.2. The van der Waals surface area contributed by atoms with Gasteiger partial charge in [-0.1, -0.05) is 18.2 Å². The Morgan fingerprint density at radius 3 is 2.41 bits per heavy atom. The molecule has 0 aliphatic heterocycles. The summed E-state index contributed by atoms with van der Waals surface area (Å²) in [6.07, 6.45) is 3.37. The van der Waals surface area contributed by atoms with E-state index < -0.39 is 0 Å². The van der Waals surface area contributed by atoms with Crippen LogP contribution < -0.4 is 5.32 Å². The number of aromatic nitrogens is 4. The highest BCUT2D eigenvalue weighted by Gasteiger charge is 2.13. The quantitative estimate of drug-likeness (QED) is 0.554. The Balaban J connectivity index is 1.55. The molecule has 6 nitrogen and oxygen atoms in total. The second-order valence-electron chi connectivity index (χ2n) is 6.80. The molecule has 0 spiro atoms. The minimum absolute atomic E-state index is 0.236. The molecule has 2 aromatic heterocycles. The van der Waals surface area contributed by atoms with Crippen LogP contribution in [0.25, 0.3) is 17.1 Å². The van der Waals surface area contributed by atoms with Gasteiger partial charge in [-0.25, -0.2) is 4.68 Å². The van der Waals surface area contributed by atoms with Crippen molar-refractivity contribution < 1.29 is 0 Å². The first-order valence-corrected chi connectivity index (χ1v) is 9.32. The summed E-state index contributed by atoms with van der Waals surface area (Å²) in [4.78, 5) is 8.42. The van der Waals surface area contributed by atoms with Gasteiger partial charge in [0.25, 0.3) is 0 Å². The van der Waals surface area contributed by atoms with E-state index in [-0.39, 0.29) is 5.82 Å². The SMILES string of the molecule is Cc1cccc(C)c1CNc1ccc(-n2nc(-c3cccnc3)nc2C#N)cc1. The average Bonchev–Trinajstić information content (AvgIpc) is 3.19. The molecule has 0 bridgehead atoms. The van der Waals surface area contributed by atoms with Crippen LogP contribution in [0.2, 0.25) is 0 Å². The molecular formula is C23H20N6. The van der Waals surface area contributed by atoms with Crippen molar-refractivity contribution in [3.05, 3.63) is 89.5 Å². The van der Waals surface area contributed by atoms with Gasteiger partial charge >= 0.3 is 0 Å². The van der Waals surface area contributed by atoms with Gasteiger partial charge in [-0.05, 0) is 66.9 Å². The van der Waals surface area contributed by atoms with Crippen molar-refractivity contribution in [2.45, 2.75) is 20.4 Å². The first-order valence-electron chi connectivity index (χ1n) is 9.32. The summed E-state index contributed by atoms with van der Waals surface area (Å²) in [5, 5.41) is 17.4. The Bertz CT molecular complexity index is 1150. The second-order valence-corrected chi connectivity index (χ2v) is 6.80. The summed E-state index contributed by atoms with van der Waals surface area (Å²) in [7, 11) is 0. The van der Waals surface area contributed by atoms with Crippen LogP contribution in [-0.4, -0.2) is 19.7 Å². The van der Waals surface area contributed by atoms with Crippen LogP contribution in [0, 0.1) is 25.2 Å². The minimum Gasteiger partial charge on any atom is -0.381 e. The number of hydrogen-bond acceptors (Lipinski definition) is 5. The number of nitriles is 1. The lowest BCUT2D eigenvalue weighted by atomic mass is 10.0. The molecule has 0 saturated heterocycles. The van der Waals surface area contributed by atoms with Gasteiger partial charge in [-0.2, -0.15) is 10.2 Å². The molecule has 0 atom stereocenters. The van der Waals surface area contributed by atoms with Crippen LogP contribution in [0.1, 0.15) is 22.5 Å². The number of pyridine rings is 1. The van der Waals surface area contributed by atoms with Crippen molar-refractivity contribution in [1.82, 2.24) is 19.7 Å². The average molecular weight is 380 g/mol. The summed E-state index contributed by atoms with van der Waals surface area (Å²) in [6, 6.07) is 19.9. The number of hydrogen-bond donors (Lipinski definition) is 1. The predicted octanol–water partition coefficient (Wildman–Crippen LogP) is 4.43. The van der Waals surface area contributed by atoms with Crippen LogP contribution in [0.4, 0.5) is 5.69 Å². The first-order chi connectivity index (χ1) is 14.2. The zero-order valence-corrected chi connectivity index (χ0v) is 16.3. The van der Waals surface area contributed by atoms with Gasteiger partial charge in [0.1, 0.15) is 6.07 Å². The van der Waals surface area contributed by atoms with E-state index in [0.717, 1.165) is 23.5 Å². The summed E-state index contributed by atoms with van der Waals surface area (Å²) in [5.41, 5.74) is 6.41. The Morgan fingerprint density at radius 2 is 1.76 bits per heavy atom. The molecule has 2 heterocycles. The van der Waals surface area contributed by atoms with E-state index in [9.17, 15) is 5.26 Å². The molecule has 0 unspecified atom stereocenters. The smallest absolute Gasteiger partial charge is 0.236 e. The fourth-order valence-corrected chi connectivity index (χ4v) is 3.22. The molecule has 2 aromatic carbocycles. The van der Waals surface area contributed by atoms with E-state index in [4.69, 9.17) is 0 Å². The molecule has 0 aliphatic rings. The zero-order valence-electron chi connectivity index (χ0n) is 16.3. The van der Waals surface area contributed by atoms with Gasteiger partial charge in [0.15, 0.2) is 5.82 Å². The molecule has 142 valence electrons. The van der Waals surface area contributed by atoms with Crippen LogP contribution in [0.15, 0.2) is 67.0 Å². The van der Waals surface area contributed by atoms with Gasteiger partial charge in [0.2, 0.25) is 5.82 Å². The van der Waals surface area contributed by atoms with Gasteiger partial charge in [-0.3, -0.25) is 4.98 Å². The normalized spacial score (nSPS) is 10.5. The first kappa shape index (κ1) is 18.4. The number of benzene rings is 2. The van der Waals surface area contributed by atoms with Crippen molar-refractivity contribution in [2.75, 3.05) is 5.32 Å². The Kier molecular flexibility index (Phi) is 5.04. The molecule has 0 amide bonds. The molecule has 1 N–H and O–H groups in total. The Morgan fingerprint density at radius 1 is 1.00 bits per heavy atom.